The van der Waals surface area contributed by atoms with E-state index in [-0.39, 0.29) is 12.1 Å². The molecule has 1 aromatic rings. The van der Waals surface area contributed by atoms with Crippen molar-refractivity contribution < 1.29 is 18.0 Å². The number of piperidine rings is 1. The van der Waals surface area contributed by atoms with E-state index in [9.17, 15) is 18.0 Å². The van der Waals surface area contributed by atoms with E-state index >= 15 is 0 Å². The Morgan fingerprint density at radius 3 is 2.67 bits per heavy atom. The van der Waals surface area contributed by atoms with Gasteiger partial charge < -0.3 is 9.80 Å². The number of carbonyl (C=O) groups excluding carboxylic acids is 1. The Morgan fingerprint density at radius 2 is 2.14 bits per heavy atom. The minimum Gasteiger partial charge on any atom is -0.355 e. The third-order valence-electron chi connectivity index (χ3n) is 4.56. The summed E-state index contributed by atoms with van der Waals surface area (Å²) in [6.45, 7) is 0.791. The molecule has 0 unspecified atom stereocenters. The van der Waals surface area contributed by atoms with Gasteiger partial charge in [0.25, 0.3) is 0 Å². The maximum atomic E-state index is 12.5. The Morgan fingerprint density at radius 1 is 1.38 bits per heavy atom. The quantitative estimate of drug-likeness (QED) is 0.803. The van der Waals surface area contributed by atoms with Crippen molar-refractivity contribution in [1.82, 2.24) is 9.88 Å². The maximum absolute atomic E-state index is 12.5. The van der Waals surface area contributed by atoms with Gasteiger partial charge in [-0.1, -0.05) is 0 Å². The van der Waals surface area contributed by atoms with Crippen LogP contribution in [0.5, 0.6) is 0 Å². The van der Waals surface area contributed by atoms with E-state index in [0.29, 0.717) is 11.7 Å². The molecule has 1 saturated carbocycles. The summed E-state index contributed by atoms with van der Waals surface area (Å²) in [6, 6.07) is 2.70. The highest BCUT2D eigenvalue weighted by Gasteiger charge is 2.46. The van der Waals surface area contributed by atoms with Crippen molar-refractivity contribution in [2.75, 3.05) is 18.5 Å². The van der Waals surface area contributed by atoms with E-state index in [1.165, 1.54) is 6.07 Å². The molecule has 2 heterocycles. The molecule has 1 amide bonds. The highest BCUT2D eigenvalue weighted by Crippen LogP contribution is 2.40. The number of carbonyl (C=O) groups is 1. The Labute approximate surface area is 120 Å². The molecular weight excluding hydrogens is 283 g/mol. The van der Waals surface area contributed by atoms with Crippen molar-refractivity contribution in [3.8, 4) is 0 Å². The van der Waals surface area contributed by atoms with Gasteiger partial charge in [0.1, 0.15) is 5.82 Å². The molecule has 0 radical (unpaired) electrons. The van der Waals surface area contributed by atoms with Crippen LogP contribution in [0.4, 0.5) is 19.0 Å². The van der Waals surface area contributed by atoms with Gasteiger partial charge in [0.15, 0.2) is 0 Å². The van der Waals surface area contributed by atoms with Crippen molar-refractivity contribution in [3.05, 3.63) is 23.9 Å². The van der Waals surface area contributed by atoms with E-state index in [4.69, 9.17) is 0 Å². The number of alkyl halides is 3. The van der Waals surface area contributed by atoms with Crippen molar-refractivity contribution in [3.63, 3.8) is 0 Å². The summed E-state index contributed by atoms with van der Waals surface area (Å²) in [4.78, 5) is 18.6. The van der Waals surface area contributed by atoms with Gasteiger partial charge in [0.05, 0.1) is 17.6 Å². The van der Waals surface area contributed by atoms with Crippen LogP contribution in [0, 0.1) is 5.92 Å². The summed E-state index contributed by atoms with van der Waals surface area (Å²) in [5.41, 5.74) is -0.748. The van der Waals surface area contributed by atoms with Crippen LogP contribution >= 0.6 is 0 Å². The number of fused-ring (bicyclic) bond motifs is 2. The number of halogens is 3. The molecule has 0 N–H and O–H groups in total. The Bertz CT molecular complexity index is 531. The van der Waals surface area contributed by atoms with Gasteiger partial charge in [-0.05, 0) is 30.9 Å². The number of anilines is 1. The van der Waals surface area contributed by atoms with E-state index < -0.39 is 11.7 Å². The molecule has 0 aromatic carbocycles. The Kier molecular flexibility index (Phi) is 3.30. The Balaban J connectivity index is 1.77. The van der Waals surface area contributed by atoms with E-state index in [0.717, 1.165) is 38.1 Å². The van der Waals surface area contributed by atoms with E-state index in [1.54, 1.807) is 4.90 Å². The van der Waals surface area contributed by atoms with Crippen molar-refractivity contribution in [2.45, 2.75) is 31.1 Å². The SMILES string of the molecule is CN(c1ccc(C(F)(F)F)cn1)[C@@H]1C[C@H]2C[C@@H]1N(C=O)C2. The lowest BCUT2D eigenvalue weighted by Crippen LogP contribution is -2.48. The molecule has 3 rings (SSSR count). The first-order valence-corrected chi connectivity index (χ1v) is 6.87. The zero-order valence-electron chi connectivity index (χ0n) is 11.5. The minimum atomic E-state index is -4.37. The van der Waals surface area contributed by atoms with E-state index in [2.05, 4.69) is 4.98 Å². The van der Waals surface area contributed by atoms with Crippen molar-refractivity contribution >= 4 is 12.2 Å². The standard InChI is InChI=1S/C14H16F3N3O/c1-19(11-4-9-5-12(11)20(7-9)8-21)13-3-2-10(6-18-13)14(15,16)17/h2-3,6,8-9,11-12H,4-5,7H2,1H3/t9-,11+,12-/m0/s1. The predicted molar refractivity (Wildman–Crippen MR) is 70.7 cm³/mol. The van der Waals surface area contributed by atoms with Crippen LogP contribution < -0.4 is 4.90 Å². The lowest BCUT2D eigenvalue weighted by atomic mass is 10.0. The number of aromatic nitrogens is 1. The topological polar surface area (TPSA) is 36.4 Å². The average Bonchev–Trinajstić information content (AvgIpc) is 3.05. The van der Waals surface area contributed by atoms with Gasteiger partial charge in [-0.25, -0.2) is 4.98 Å². The van der Waals surface area contributed by atoms with Crippen molar-refractivity contribution in [1.29, 1.82) is 0 Å². The number of pyridine rings is 1. The number of rotatable bonds is 3. The molecule has 21 heavy (non-hydrogen) atoms. The van der Waals surface area contributed by atoms with Crippen LogP contribution in [-0.4, -0.2) is 42.0 Å². The van der Waals surface area contributed by atoms with Crippen LogP contribution in [0.25, 0.3) is 0 Å². The lowest BCUT2D eigenvalue weighted by molar-refractivity contribution is -0.137. The molecule has 2 fully saturated rings. The second kappa shape index (κ2) is 4.89. The lowest BCUT2D eigenvalue weighted by Gasteiger charge is -2.37. The van der Waals surface area contributed by atoms with Crippen LogP contribution in [0.15, 0.2) is 18.3 Å². The van der Waals surface area contributed by atoms with Gasteiger partial charge in [0.2, 0.25) is 6.41 Å². The minimum absolute atomic E-state index is 0.123. The van der Waals surface area contributed by atoms with Gasteiger partial charge in [0, 0.05) is 19.8 Å². The molecule has 1 aromatic heterocycles. The first-order valence-electron chi connectivity index (χ1n) is 6.87. The number of amides is 1. The maximum Gasteiger partial charge on any atom is 0.417 e. The predicted octanol–water partition coefficient (Wildman–Crippen LogP) is 2.16. The summed E-state index contributed by atoms with van der Waals surface area (Å²) < 4.78 is 37.6. The second-order valence-corrected chi connectivity index (χ2v) is 5.79. The normalized spacial score (nSPS) is 28.0. The summed E-state index contributed by atoms with van der Waals surface area (Å²) in [7, 11) is 1.82. The van der Waals surface area contributed by atoms with Gasteiger partial charge in [-0.15, -0.1) is 0 Å². The first-order chi connectivity index (χ1) is 9.90. The molecule has 2 aliphatic rings. The monoisotopic (exact) mass is 299 g/mol. The third-order valence-corrected chi connectivity index (χ3v) is 4.56. The first kappa shape index (κ1) is 14.2. The molecular formula is C14H16F3N3O. The number of hydrogen-bond acceptors (Lipinski definition) is 3. The third kappa shape index (κ3) is 2.45. The van der Waals surface area contributed by atoms with Crippen LogP contribution in [-0.2, 0) is 11.0 Å². The van der Waals surface area contributed by atoms with Gasteiger partial charge >= 0.3 is 6.18 Å². The summed E-state index contributed by atoms with van der Waals surface area (Å²) >= 11 is 0. The van der Waals surface area contributed by atoms with Gasteiger partial charge in [-0.2, -0.15) is 13.2 Å². The molecule has 7 heteroatoms. The molecule has 4 nitrogen and oxygen atoms in total. The zero-order valence-corrected chi connectivity index (χ0v) is 11.5. The fourth-order valence-electron chi connectivity index (χ4n) is 3.50. The van der Waals surface area contributed by atoms with Crippen LogP contribution in [0.1, 0.15) is 18.4 Å². The fraction of sp³-hybridized carbons (Fsp3) is 0.571. The highest BCUT2D eigenvalue weighted by atomic mass is 19.4. The molecule has 1 aliphatic carbocycles. The zero-order chi connectivity index (χ0) is 15.2. The largest absolute Gasteiger partial charge is 0.417 e. The number of likely N-dealkylation sites (tertiary alicyclic amines) is 1. The number of hydrogen-bond donors (Lipinski definition) is 0. The molecule has 1 aliphatic heterocycles. The molecule has 114 valence electrons. The smallest absolute Gasteiger partial charge is 0.355 e. The Hall–Kier alpha value is -1.79. The number of likely N-dealkylation sites (N-methyl/N-ethyl adjacent to an activating group) is 1. The fourth-order valence-corrected chi connectivity index (χ4v) is 3.50. The molecule has 3 atom stereocenters. The van der Waals surface area contributed by atoms with Crippen LogP contribution in [0.3, 0.4) is 0 Å². The van der Waals surface area contributed by atoms with Crippen LogP contribution in [0.2, 0.25) is 0 Å². The van der Waals surface area contributed by atoms with Crippen molar-refractivity contribution in [2.24, 2.45) is 5.92 Å². The molecule has 2 bridgehead atoms. The number of nitrogens with zero attached hydrogens (tertiary/aromatic N) is 3. The molecule has 0 spiro atoms. The van der Waals surface area contributed by atoms with E-state index in [1.807, 2.05) is 11.9 Å². The summed E-state index contributed by atoms with van der Waals surface area (Å²) in [5.74, 6) is 0.994. The summed E-state index contributed by atoms with van der Waals surface area (Å²) in [6.07, 6.45) is -0.727. The molecule has 1 saturated heterocycles. The summed E-state index contributed by atoms with van der Waals surface area (Å²) in [5, 5.41) is 0. The van der Waals surface area contributed by atoms with Gasteiger partial charge in [-0.3, -0.25) is 4.79 Å². The average molecular weight is 299 g/mol. The highest BCUT2D eigenvalue weighted by molar-refractivity contribution is 5.51. The second-order valence-electron chi connectivity index (χ2n) is 5.79.